The average Bonchev–Trinajstić information content (AvgIpc) is 2.24. The minimum absolute atomic E-state index is 0.112. The van der Waals surface area contributed by atoms with Gasteiger partial charge in [-0.15, -0.1) is 0 Å². The molecule has 3 N–H and O–H groups in total. The maximum absolute atomic E-state index is 12.5. The van der Waals surface area contributed by atoms with Crippen molar-refractivity contribution in [3.05, 3.63) is 0 Å². The summed E-state index contributed by atoms with van der Waals surface area (Å²) >= 11 is 0. The van der Waals surface area contributed by atoms with Crippen molar-refractivity contribution >= 4 is 5.91 Å². The Hall–Kier alpha value is -0.780. The molecule has 0 aromatic carbocycles. The summed E-state index contributed by atoms with van der Waals surface area (Å²) in [6.07, 6.45) is -2.32. The SMILES string of the molecule is CC1CCC(C(C)C)C(NCC(F)(F)F)(C(N)=O)C1. The summed E-state index contributed by atoms with van der Waals surface area (Å²) in [5.74, 6) is -0.505. The predicted octanol–water partition coefficient (Wildman–Crippen LogP) is 2.45. The van der Waals surface area contributed by atoms with Gasteiger partial charge in [0, 0.05) is 0 Å². The normalized spacial score (nSPS) is 32.6. The van der Waals surface area contributed by atoms with Gasteiger partial charge in [0.05, 0.1) is 6.54 Å². The first kappa shape index (κ1) is 16.3. The molecule has 0 aromatic rings. The van der Waals surface area contributed by atoms with Crippen LogP contribution in [0.1, 0.15) is 40.0 Å². The lowest BCUT2D eigenvalue weighted by Gasteiger charge is -2.46. The van der Waals surface area contributed by atoms with Gasteiger partial charge in [-0.3, -0.25) is 10.1 Å². The predicted molar refractivity (Wildman–Crippen MR) is 67.3 cm³/mol. The van der Waals surface area contributed by atoms with Crippen molar-refractivity contribution in [2.45, 2.75) is 51.7 Å². The lowest BCUT2D eigenvalue weighted by molar-refractivity contribution is -0.143. The van der Waals surface area contributed by atoms with Crippen molar-refractivity contribution in [3.63, 3.8) is 0 Å². The summed E-state index contributed by atoms with van der Waals surface area (Å²) in [4.78, 5) is 11.8. The largest absolute Gasteiger partial charge is 0.401 e. The molecule has 0 radical (unpaired) electrons. The van der Waals surface area contributed by atoms with Crippen LogP contribution in [-0.2, 0) is 4.79 Å². The van der Waals surface area contributed by atoms with E-state index in [1.54, 1.807) is 0 Å². The smallest absolute Gasteiger partial charge is 0.368 e. The fourth-order valence-corrected chi connectivity index (χ4v) is 3.25. The number of primary amides is 1. The molecule has 19 heavy (non-hydrogen) atoms. The molecule has 1 fully saturated rings. The minimum Gasteiger partial charge on any atom is -0.368 e. The van der Waals surface area contributed by atoms with Crippen molar-refractivity contribution < 1.29 is 18.0 Å². The molecule has 3 unspecified atom stereocenters. The zero-order valence-electron chi connectivity index (χ0n) is 11.7. The fourth-order valence-electron chi connectivity index (χ4n) is 3.25. The molecule has 0 aromatic heterocycles. The third-order valence-corrected chi connectivity index (χ3v) is 4.12. The van der Waals surface area contributed by atoms with Crippen LogP contribution in [0.5, 0.6) is 0 Å². The first-order chi connectivity index (χ1) is 8.58. The van der Waals surface area contributed by atoms with Crippen molar-refractivity contribution in [1.82, 2.24) is 5.32 Å². The molecular weight excluding hydrogens is 257 g/mol. The Labute approximate surface area is 112 Å². The van der Waals surface area contributed by atoms with Crippen LogP contribution in [0.25, 0.3) is 0 Å². The lowest BCUT2D eigenvalue weighted by Crippen LogP contribution is -2.65. The molecule has 0 spiro atoms. The second-order valence-corrected chi connectivity index (χ2v) is 6.04. The number of alkyl halides is 3. The highest BCUT2D eigenvalue weighted by Crippen LogP contribution is 2.41. The average molecular weight is 280 g/mol. The molecule has 1 aliphatic rings. The maximum atomic E-state index is 12.5. The fraction of sp³-hybridized carbons (Fsp3) is 0.923. The van der Waals surface area contributed by atoms with Crippen LogP contribution in [-0.4, -0.2) is 24.2 Å². The molecular formula is C13H23F3N2O. The van der Waals surface area contributed by atoms with E-state index in [2.05, 4.69) is 5.32 Å². The Kier molecular flexibility index (Phi) is 4.87. The van der Waals surface area contributed by atoms with Crippen LogP contribution in [0, 0.1) is 17.8 Å². The molecule has 112 valence electrons. The monoisotopic (exact) mass is 280 g/mol. The third-order valence-electron chi connectivity index (χ3n) is 4.12. The Balaban J connectivity index is 3.00. The van der Waals surface area contributed by atoms with Crippen molar-refractivity contribution in [2.75, 3.05) is 6.54 Å². The summed E-state index contributed by atoms with van der Waals surface area (Å²) in [6, 6.07) is 0. The van der Waals surface area contributed by atoms with E-state index < -0.39 is 24.2 Å². The van der Waals surface area contributed by atoms with Crippen molar-refractivity contribution in [2.24, 2.45) is 23.5 Å². The van der Waals surface area contributed by atoms with Crippen LogP contribution in [0.2, 0.25) is 0 Å². The van der Waals surface area contributed by atoms with Gasteiger partial charge in [-0.1, -0.05) is 27.2 Å². The van der Waals surface area contributed by atoms with Gasteiger partial charge in [0.1, 0.15) is 5.54 Å². The Morgan fingerprint density at radius 3 is 2.42 bits per heavy atom. The van der Waals surface area contributed by atoms with Crippen LogP contribution in [0.3, 0.4) is 0 Å². The van der Waals surface area contributed by atoms with Gasteiger partial charge in [0.15, 0.2) is 0 Å². The Bertz CT molecular complexity index is 330. The maximum Gasteiger partial charge on any atom is 0.401 e. The third kappa shape index (κ3) is 3.84. The molecule has 0 aliphatic heterocycles. The van der Waals surface area contributed by atoms with Gasteiger partial charge in [0.2, 0.25) is 5.91 Å². The standard InChI is InChI=1S/C13H23F3N2O/c1-8(2)10-5-4-9(3)6-12(10,11(17)19)18-7-13(14,15)16/h8-10,18H,4-7H2,1-3H3,(H2,17,19). The lowest BCUT2D eigenvalue weighted by atomic mass is 9.64. The summed E-state index contributed by atoms with van der Waals surface area (Å²) in [6.45, 7) is 4.62. The first-order valence-corrected chi connectivity index (χ1v) is 6.70. The minimum atomic E-state index is -4.34. The molecule has 1 amide bonds. The number of nitrogens with one attached hydrogen (secondary N) is 1. The summed E-state index contributed by atoms with van der Waals surface area (Å²) in [5.41, 5.74) is 4.22. The number of rotatable bonds is 4. The highest BCUT2D eigenvalue weighted by atomic mass is 19.4. The van der Waals surface area contributed by atoms with E-state index in [0.717, 1.165) is 12.8 Å². The van der Waals surface area contributed by atoms with Crippen LogP contribution in [0.15, 0.2) is 0 Å². The molecule has 1 rings (SSSR count). The van der Waals surface area contributed by atoms with E-state index in [4.69, 9.17) is 5.73 Å². The number of carbonyl (C=O) groups excluding carboxylic acids is 1. The molecule has 0 bridgehead atoms. The number of carbonyl (C=O) groups is 1. The van der Waals surface area contributed by atoms with E-state index in [0.29, 0.717) is 6.42 Å². The molecule has 3 atom stereocenters. The van der Waals surface area contributed by atoms with Crippen LogP contribution < -0.4 is 11.1 Å². The van der Waals surface area contributed by atoms with Gasteiger partial charge in [-0.2, -0.15) is 13.2 Å². The van der Waals surface area contributed by atoms with Gasteiger partial charge in [-0.25, -0.2) is 0 Å². The van der Waals surface area contributed by atoms with Gasteiger partial charge in [0.25, 0.3) is 0 Å². The molecule has 0 saturated heterocycles. The molecule has 0 heterocycles. The van der Waals surface area contributed by atoms with Gasteiger partial charge >= 0.3 is 6.18 Å². The van der Waals surface area contributed by atoms with Crippen LogP contribution >= 0.6 is 0 Å². The van der Waals surface area contributed by atoms with Gasteiger partial charge in [-0.05, 0) is 30.6 Å². The van der Waals surface area contributed by atoms with Gasteiger partial charge < -0.3 is 5.73 Å². The number of nitrogens with two attached hydrogens (primary N) is 1. The van der Waals surface area contributed by atoms with Crippen LogP contribution in [0.4, 0.5) is 13.2 Å². The summed E-state index contributed by atoms with van der Waals surface area (Å²) < 4.78 is 37.4. The van der Waals surface area contributed by atoms with E-state index in [-0.39, 0.29) is 17.8 Å². The molecule has 1 saturated carbocycles. The zero-order chi connectivity index (χ0) is 14.8. The summed E-state index contributed by atoms with van der Waals surface area (Å²) in [5, 5.41) is 2.44. The number of hydrogen-bond acceptors (Lipinski definition) is 2. The van der Waals surface area contributed by atoms with E-state index >= 15 is 0 Å². The molecule has 1 aliphatic carbocycles. The van der Waals surface area contributed by atoms with E-state index in [1.807, 2.05) is 20.8 Å². The molecule has 3 nitrogen and oxygen atoms in total. The first-order valence-electron chi connectivity index (χ1n) is 6.70. The van der Waals surface area contributed by atoms with Crippen molar-refractivity contribution in [1.29, 1.82) is 0 Å². The topological polar surface area (TPSA) is 55.1 Å². The zero-order valence-corrected chi connectivity index (χ0v) is 11.7. The van der Waals surface area contributed by atoms with E-state index in [1.165, 1.54) is 0 Å². The number of halogens is 3. The molecule has 6 heteroatoms. The number of hydrogen-bond donors (Lipinski definition) is 2. The second-order valence-electron chi connectivity index (χ2n) is 6.04. The number of amides is 1. The summed E-state index contributed by atoms with van der Waals surface area (Å²) in [7, 11) is 0. The second kappa shape index (κ2) is 5.69. The van der Waals surface area contributed by atoms with E-state index in [9.17, 15) is 18.0 Å². The van der Waals surface area contributed by atoms with Crippen molar-refractivity contribution in [3.8, 4) is 0 Å². The Morgan fingerprint density at radius 1 is 1.42 bits per heavy atom. The quantitative estimate of drug-likeness (QED) is 0.831. The highest BCUT2D eigenvalue weighted by molar-refractivity contribution is 5.85. The Morgan fingerprint density at radius 2 is 2.00 bits per heavy atom. The highest BCUT2D eigenvalue weighted by Gasteiger charge is 2.49.